The van der Waals surface area contributed by atoms with Gasteiger partial charge in [-0.2, -0.15) is 0 Å². The zero-order valence-corrected chi connectivity index (χ0v) is 8.01. The number of carbonyl (C=O) groups is 1. The third kappa shape index (κ3) is 4.09. The first kappa shape index (κ1) is 11.1. The maximum atomic E-state index is 10.4. The Morgan fingerprint density at radius 2 is 2.25 bits per heavy atom. The van der Waals surface area contributed by atoms with Crippen LogP contribution in [0.25, 0.3) is 0 Å². The Morgan fingerprint density at radius 3 is 2.67 bits per heavy atom. The van der Waals surface area contributed by atoms with E-state index >= 15 is 0 Å². The highest BCUT2D eigenvalue weighted by atomic mass is 35.5. The molecule has 0 amide bonds. The van der Waals surface area contributed by atoms with E-state index in [-0.39, 0.29) is 5.17 Å². The van der Waals surface area contributed by atoms with E-state index in [1.165, 1.54) is 0 Å². The van der Waals surface area contributed by atoms with Crippen molar-refractivity contribution >= 4 is 23.1 Å². The molecule has 0 atom stereocenters. The summed E-state index contributed by atoms with van der Waals surface area (Å²) >= 11 is 5.68. The van der Waals surface area contributed by atoms with Crippen LogP contribution in [-0.4, -0.2) is 11.5 Å². The first-order chi connectivity index (χ1) is 5.76. The van der Waals surface area contributed by atoms with Gasteiger partial charge >= 0.3 is 0 Å². The molecule has 0 aliphatic rings. The Labute approximate surface area is 77.6 Å². The average molecular weight is 186 g/mol. The predicted octanol–water partition coefficient (Wildman–Crippen LogP) is 2.69. The van der Waals surface area contributed by atoms with Gasteiger partial charge in [0, 0.05) is 11.8 Å². The zero-order chi connectivity index (χ0) is 9.40. The standard InChI is InChI=1S/C9H12ClNO/c1-3-5-6-11-9(10)8(4-2)7-12/h4-7H,3H2,1-2H3/b6-5-,8-4-,11-9+. The Kier molecular flexibility index (Phi) is 6.29. The fraction of sp³-hybridized carbons (Fsp3) is 0.333. The van der Waals surface area contributed by atoms with Crippen molar-refractivity contribution in [3.05, 3.63) is 23.9 Å². The first-order valence-corrected chi connectivity index (χ1v) is 4.14. The number of hydrogen-bond acceptors (Lipinski definition) is 2. The van der Waals surface area contributed by atoms with E-state index in [1.54, 1.807) is 19.2 Å². The Morgan fingerprint density at radius 1 is 1.58 bits per heavy atom. The molecule has 0 aromatic carbocycles. The minimum atomic E-state index is 0.234. The highest BCUT2D eigenvalue weighted by molar-refractivity contribution is 6.71. The van der Waals surface area contributed by atoms with E-state index in [4.69, 9.17) is 11.6 Å². The summed E-state index contributed by atoms with van der Waals surface area (Å²) in [6.07, 6.45) is 6.67. The van der Waals surface area contributed by atoms with Crippen LogP contribution < -0.4 is 0 Å². The number of hydrogen-bond donors (Lipinski definition) is 0. The lowest BCUT2D eigenvalue weighted by Gasteiger charge is -1.91. The largest absolute Gasteiger partial charge is 0.298 e. The van der Waals surface area contributed by atoms with Crippen molar-refractivity contribution in [2.45, 2.75) is 20.3 Å². The molecule has 0 saturated carbocycles. The molecule has 0 aliphatic carbocycles. The summed E-state index contributed by atoms with van der Waals surface area (Å²) in [5, 5.41) is 0.234. The van der Waals surface area contributed by atoms with Crippen molar-refractivity contribution < 1.29 is 4.79 Å². The van der Waals surface area contributed by atoms with Crippen LogP contribution in [0.2, 0.25) is 0 Å². The van der Waals surface area contributed by atoms with Gasteiger partial charge in [0.2, 0.25) is 0 Å². The van der Waals surface area contributed by atoms with E-state index in [2.05, 4.69) is 4.99 Å². The number of aliphatic imine (C=N–C) groups is 1. The van der Waals surface area contributed by atoms with E-state index < -0.39 is 0 Å². The third-order valence-corrected chi connectivity index (χ3v) is 1.52. The van der Waals surface area contributed by atoms with Gasteiger partial charge in [-0.25, -0.2) is 4.99 Å². The van der Waals surface area contributed by atoms with Crippen LogP contribution in [0.3, 0.4) is 0 Å². The van der Waals surface area contributed by atoms with Crippen LogP contribution in [0.15, 0.2) is 28.9 Å². The summed E-state index contributed by atoms with van der Waals surface area (Å²) in [7, 11) is 0. The Balaban J connectivity index is 4.35. The molecule has 0 radical (unpaired) electrons. The second-order valence-corrected chi connectivity index (χ2v) is 2.43. The van der Waals surface area contributed by atoms with Gasteiger partial charge in [0.05, 0.1) is 0 Å². The normalized spacial score (nSPS) is 13.9. The molecule has 0 N–H and O–H groups in total. The molecule has 0 aliphatic heterocycles. The summed E-state index contributed by atoms with van der Waals surface area (Å²) < 4.78 is 0. The zero-order valence-electron chi connectivity index (χ0n) is 7.25. The molecular weight excluding hydrogens is 174 g/mol. The van der Waals surface area contributed by atoms with Crippen LogP contribution in [0.1, 0.15) is 20.3 Å². The summed E-state index contributed by atoms with van der Waals surface area (Å²) in [5.74, 6) is 0. The van der Waals surface area contributed by atoms with Crippen LogP contribution in [0.5, 0.6) is 0 Å². The Bertz CT molecular complexity index is 229. The topological polar surface area (TPSA) is 29.4 Å². The highest BCUT2D eigenvalue weighted by Crippen LogP contribution is 2.00. The molecular formula is C9H12ClNO. The number of aldehydes is 1. The molecule has 2 nitrogen and oxygen atoms in total. The second kappa shape index (κ2) is 6.80. The van der Waals surface area contributed by atoms with Gasteiger partial charge in [-0.1, -0.05) is 30.7 Å². The van der Waals surface area contributed by atoms with Crippen LogP contribution in [0.4, 0.5) is 0 Å². The van der Waals surface area contributed by atoms with Gasteiger partial charge in [-0.3, -0.25) is 4.79 Å². The number of nitrogens with zero attached hydrogens (tertiary/aromatic N) is 1. The van der Waals surface area contributed by atoms with E-state index in [1.807, 2.05) is 13.0 Å². The van der Waals surface area contributed by atoms with Gasteiger partial charge in [-0.05, 0) is 13.3 Å². The molecule has 0 heterocycles. The minimum absolute atomic E-state index is 0.234. The van der Waals surface area contributed by atoms with Gasteiger partial charge < -0.3 is 0 Å². The van der Waals surface area contributed by atoms with E-state index in [0.29, 0.717) is 11.9 Å². The van der Waals surface area contributed by atoms with Crippen molar-refractivity contribution in [3.8, 4) is 0 Å². The molecule has 0 aromatic rings. The molecule has 0 spiro atoms. The van der Waals surface area contributed by atoms with Gasteiger partial charge in [0.1, 0.15) is 5.17 Å². The predicted molar refractivity (Wildman–Crippen MR) is 52.5 cm³/mol. The fourth-order valence-electron chi connectivity index (χ4n) is 0.534. The Hall–Kier alpha value is -0.890. The number of carbonyl (C=O) groups excluding carboxylic acids is 1. The molecule has 66 valence electrons. The van der Waals surface area contributed by atoms with Crippen LogP contribution >= 0.6 is 11.6 Å². The molecule has 0 unspecified atom stereocenters. The lowest BCUT2D eigenvalue weighted by atomic mass is 10.3. The number of allylic oxidation sites excluding steroid dienone is 3. The smallest absolute Gasteiger partial charge is 0.152 e. The molecule has 0 saturated heterocycles. The summed E-state index contributed by atoms with van der Waals surface area (Å²) in [5.41, 5.74) is 0.414. The lowest BCUT2D eigenvalue weighted by Crippen LogP contribution is -1.93. The third-order valence-electron chi connectivity index (χ3n) is 1.21. The second-order valence-electron chi connectivity index (χ2n) is 2.07. The maximum Gasteiger partial charge on any atom is 0.152 e. The lowest BCUT2D eigenvalue weighted by molar-refractivity contribution is -0.104. The maximum absolute atomic E-state index is 10.4. The molecule has 0 rings (SSSR count). The van der Waals surface area contributed by atoms with Gasteiger partial charge in [0.25, 0.3) is 0 Å². The van der Waals surface area contributed by atoms with Crippen molar-refractivity contribution in [1.29, 1.82) is 0 Å². The van der Waals surface area contributed by atoms with Crippen LogP contribution in [-0.2, 0) is 4.79 Å². The highest BCUT2D eigenvalue weighted by Gasteiger charge is 1.98. The monoisotopic (exact) mass is 185 g/mol. The average Bonchev–Trinajstić information content (AvgIpc) is 2.07. The number of rotatable bonds is 4. The van der Waals surface area contributed by atoms with Gasteiger partial charge in [0.15, 0.2) is 6.29 Å². The molecule has 0 fully saturated rings. The molecule has 12 heavy (non-hydrogen) atoms. The van der Waals surface area contributed by atoms with Crippen LogP contribution in [0, 0.1) is 0 Å². The SMILES string of the molecule is C\C=C(C=O)/C(Cl)=N\C=C/CC. The van der Waals surface area contributed by atoms with Crippen molar-refractivity contribution in [2.24, 2.45) is 4.99 Å². The molecule has 0 aromatic heterocycles. The molecule has 0 bridgehead atoms. The van der Waals surface area contributed by atoms with Crippen molar-refractivity contribution in [3.63, 3.8) is 0 Å². The summed E-state index contributed by atoms with van der Waals surface area (Å²) in [6.45, 7) is 3.74. The summed E-state index contributed by atoms with van der Waals surface area (Å²) in [6, 6.07) is 0. The quantitative estimate of drug-likeness (QED) is 0.376. The molecule has 3 heteroatoms. The van der Waals surface area contributed by atoms with Crippen molar-refractivity contribution in [1.82, 2.24) is 0 Å². The van der Waals surface area contributed by atoms with E-state index in [9.17, 15) is 4.79 Å². The minimum Gasteiger partial charge on any atom is -0.298 e. The first-order valence-electron chi connectivity index (χ1n) is 3.76. The summed E-state index contributed by atoms with van der Waals surface area (Å²) in [4.78, 5) is 14.2. The van der Waals surface area contributed by atoms with Crippen molar-refractivity contribution in [2.75, 3.05) is 0 Å². The fourth-order valence-corrected chi connectivity index (χ4v) is 0.744. The van der Waals surface area contributed by atoms with E-state index in [0.717, 1.165) is 6.42 Å². The number of halogens is 1. The van der Waals surface area contributed by atoms with Gasteiger partial charge in [-0.15, -0.1) is 0 Å².